The zero-order valence-corrected chi connectivity index (χ0v) is 47.6. The molecular formula is C67H111N2O3. The summed E-state index contributed by atoms with van der Waals surface area (Å²) in [5, 5.41) is 4.06. The smallest absolute Gasteiger partial charge is 0.235 e. The van der Waals surface area contributed by atoms with E-state index < -0.39 is 0 Å². The third-order valence-electron chi connectivity index (χ3n) is 15.0. The molecule has 0 bridgehead atoms. The molecule has 0 fully saturated rings. The van der Waals surface area contributed by atoms with Crippen LogP contribution in [0.3, 0.4) is 0 Å². The molecule has 0 saturated carbocycles. The van der Waals surface area contributed by atoms with Gasteiger partial charge in [-0.25, -0.2) is 10.1 Å². The summed E-state index contributed by atoms with van der Waals surface area (Å²) < 4.78 is 0. The third-order valence-corrected chi connectivity index (χ3v) is 15.0. The van der Waals surface area contributed by atoms with E-state index in [1.807, 2.05) is 11.1 Å². The van der Waals surface area contributed by atoms with Crippen LogP contribution in [0.15, 0.2) is 66.7 Å². The van der Waals surface area contributed by atoms with E-state index in [1.165, 1.54) is 236 Å². The van der Waals surface area contributed by atoms with E-state index in [9.17, 15) is 4.79 Å². The Labute approximate surface area is 445 Å². The van der Waals surface area contributed by atoms with Crippen molar-refractivity contribution in [2.75, 3.05) is 23.3 Å². The van der Waals surface area contributed by atoms with Crippen molar-refractivity contribution in [2.45, 2.75) is 297 Å². The van der Waals surface area contributed by atoms with Gasteiger partial charge in [-0.3, -0.25) is 14.5 Å². The molecule has 3 rings (SSSR count). The van der Waals surface area contributed by atoms with E-state index in [2.05, 4.69) is 99.7 Å². The molecule has 3 aromatic rings. The average molecular weight is 993 g/mol. The molecule has 0 heterocycles. The molecule has 407 valence electrons. The third kappa shape index (κ3) is 29.1. The Morgan fingerprint density at radius 2 is 0.639 bits per heavy atom. The molecule has 5 heteroatoms. The highest BCUT2D eigenvalue weighted by molar-refractivity contribution is 5.89. The summed E-state index contributed by atoms with van der Waals surface area (Å²) in [6, 6.07) is 23.7. The first kappa shape index (κ1) is 63.1. The van der Waals surface area contributed by atoms with Gasteiger partial charge in [-0.05, 0) is 80.0 Å². The fraction of sp³-hybridized carbons (Fsp3) is 0.716. The number of unbranched alkanes of at least 4 members (excludes halogenated alkanes) is 36. The van der Waals surface area contributed by atoms with E-state index >= 15 is 0 Å². The number of carbonyl (C=O) groups excluding carboxylic acids is 1. The van der Waals surface area contributed by atoms with Gasteiger partial charge in [0.25, 0.3) is 0 Å². The molecule has 0 N–H and O–H groups in total. The van der Waals surface area contributed by atoms with Crippen molar-refractivity contribution in [1.29, 1.82) is 0 Å². The highest BCUT2D eigenvalue weighted by Crippen LogP contribution is 2.38. The lowest BCUT2D eigenvalue weighted by Gasteiger charge is -2.30. The Morgan fingerprint density at radius 3 is 1.00 bits per heavy atom. The highest BCUT2D eigenvalue weighted by atomic mass is 16.7. The van der Waals surface area contributed by atoms with E-state index in [0.29, 0.717) is 18.8 Å². The van der Waals surface area contributed by atoms with Gasteiger partial charge in [-0.15, -0.1) is 0 Å². The van der Waals surface area contributed by atoms with Crippen LogP contribution in [0.2, 0.25) is 0 Å². The Morgan fingerprint density at radius 1 is 0.333 bits per heavy atom. The van der Waals surface area contributed by atoms with Crippen LogP contribution in [-0.2, 0) is 27.3 Å². The Bertz CT molecular complexity index is 1690. The quantitative estimate of drug-likeness (QED) is 0.0416. The number of anilines is 4. The number of hydrogen-bond donors (Lipinski definition) is 0. The minimum atomic E-state index is 0.503. The fourth-order valence-corrected chi connectivity index (χ4v) is 10.4. The zero-order chi connectivity index (χ0) is 51.2. The molecule has 5 nitrogen and oxygen atoms in total. The van der Waals surface area contributed by atoms with Crippen LogP contribution in [0.1, 0.15) is 301 Å². The normalized spacial score (nSPS) is 11.4. The summed E-state index contributed by atoms with van der Waals surface area (Å²) in [5.74, 6) is 0. The van der Waals surface area contributed by atoms with Crippen molar-refractivity contribution in [3.05, 3.63) is 83.4 Å². The lowest BCUT2D eigenvalue weighted by atomic mass is 10.0. The first-order valence-electron chi connectivity index (χ1n) is 31.2. The lowest BCUT2D eigenvalue weighted by molar-refractivity contribution is 0.128. The number of benzene rings is 3. The van der Waals surface area contributed by atoms with E-state index in [-0.39, 0.29) is 0 Å². The molecule has 3 aromatic carbocycles. The second-order valence-electron chi connectivity index (χ2n) is 21.5. The van der Waals surface area contributed by atoms with Crippen LogP contribution in [0.5, 0.6) is 0 Å². The Balaban J connectivity index is 1.84. The molecule has 0 aromatic heterocycles. The zero-order valence-electron chi connectivity index (χ0n) is 47.6. The van der Waals surface area contributed by atoms with Gasteiger partial charge in [0, 0.05) is 0 Å². The standard InChI is InChI=1S/C67H111N2O3/c1-5-9-13-17-21-25-27-29-31-35-39-47-57-71-68(65-53-45-43-51-61(65)49-41-37-33-23-19-15-11-7-3)64-56-55-63(60-70)67(59-64)69(72-58-48-40-36-32-30-28-26-22-18-14-10-6-2)66-54-46-44-52-62(66)50-42-38-34-24-20-16-12-8-4/h43-46,51-56,59H,5-42,47-50,57-58H2,1-4H3. The number of rotatable bonds is 51. The predicted molar refractivity (Wildman–Crippen MR) is 315 cm³/mol. The van der Waals surface area contributed by atoms with Gasteiger partial charge < -0.3 is 0 Å². The number of hydrogen-bond acceptors (Lipinski definition) is 5. The maximum absolute atomic E-state index is 13.0. The summed E-state index contributed by atoms with van der Waals surface area (Å²) in [5.41, 5.74) is 6.82. The molecule has 72 heavy (non-hydrogen) atoms. The monoisotopic (exact) mass is 992 g/mol. The van der Waals surface area contributed by atoms with E-state index in [4.69, 9.17) is 9.68 Å². The summed E-state index contributed by atoms with van der Waals surface area (Å²) in [6.45, 7) is 10.4. The van der Waals surface area contributed by atoms with Crippen molar-refractivity contribution >= 4 is 29.0 Å². The summed E-state index contributed by atoms with van der Waals surface area (Å²) in [4.78, 5) is 26.8. The number of nitrogens with zero attached hydrogens (tertiary/aromatic N) is 2. The second kappa shape index (κ2) is 45.3. The van der Waals surface area contributed by atoms with Gasteiger partial charge in [-0.2, -0.15) is 0 Å². The number of aryl methyl sites for hydroxylation is 2. The first-order valence-corrected chi connectivity index (χ1v) is 31.2. The van der Waals surface area contributed by atoms with Gasteiger partial charge in [0.15, 0.2) is 0 Å². The summed E-state index contributed by atoms with van der Waals surface area (Å²) >= 11 is 0. The highest BCUT2D eigenvalue weighted by Gasteiger charge is 2.22. The molecule has 0 aliphatic carbocycles. The van der Waals surface area contributed by atoms with Crippen LogP contribution >= 0.6 is 0 Å². The minimum Gasteiger partial charge on any atom is -0.285 e. The van der Waals surface area contributed by atoms with Crippen LogP contribution in [0, 0.1) is 0 Å². The van der Waals surface area contributed by atoms with Crippen molar-refractivity contribution in [1.82, 2.24) is 0 Å². The maximum atomic E-state index is 13.0. The topological polar surface area (TPSA) is 42.0 Å². The molecule has 0 amide bonds. The minimum absolute atomic E-state index is 0.503. The molecular weight excluding hydrogens is 881 g/mol. The fourth-order valence-electron chi connectivity index (χ4n) is 10.4. The maximum Gasteiger partial charge on any atom is 0.235 e. The second-order valence-corrected chi connectivity index (χ2v) is 21.5. The van der Waals surface area contributed by atoms with E-state index in [1.54, 1.807) is 0 Å². The molecule has 0 atom stereocenters. The van der Waals surface area contributed by atoms with Gasteiger partial charge in [0.1, 0.15) is 0 Å². The van der Waals surface area contributed by atoms with Crippen molar-refractivity contribution in [2.24, 2.45) is 0 Å². The van der Waals surface area contributed by atoms with Crippen molar-refractivity contribution in [3.63, 3.8) is 0 Å². The van der Waals surface area contributed by atoms with E-state index in [0.717, 1.165) is 67.7 Å². The van der Waals surface area contributed by atoms with Gasteiger partial charge in [-0.1, -0.05) is 295 Å². The van der Waals surface area contributed by atoms with Crippen LogP contribution in [0.4, 0.5) is 22.7 Å². The van der Waals surface area contributed by atoms with Crippen molar-refractivity contribution in [3.8, 4) is 0 Å². The average Bonchev–Trinajstić information content (AvgIpc) is 3.40. The van der Waals surface area contributed by atoms with Gasteiger partial charge in [0.05, 0.1) is 41.5 Å². The summed E-state index contributed by atoms with van der Waals surface area (Å²) in [7, 11) is 0. The van der Waals surface area contributed by atoms with Gasteiger partial charge >= 0.3 is 0 Å². The molecule has 0 unspecified atom stereocenters. The molecule has 0 aliphatic heterocycles. The van der Waals surface area contributed by atoms with Crippen LogP contribution < -0.4 is 10.1 Å². The molecule has 0 aliphatic rings. The SMILES string of the molecule is CCCCCCCCCCCCCCON(c1ccc([C]=O)c(N(OCCCCCCCCCCCCCC)c2ccccc2CCCCCCCCCC)c1)c1ccccc1CCCCCCCCCC. The van der Waals surface area contributed by atoms with Crippen LogP contribution in [-0.4, -0.2) is 19.5 Å². The summed E-state index contributed by atoms with van der Waals surface area (Å²) in [6.07, 6.45) is 56.4. The van der Waals surface area contributed by atoms with Crippen molar-refractivity contribution < 1.29 is 14.5 Å². The molecule has 1 radical (unpaired) electrons. The van der Waals surface area contributed by atoms with Gasteiger partial charge in [0.2, 0.25) is 6.29 Å². The van der Waals surface area contributed by atoms with Crippen LogP contribution in [0.25, 0.3) is 0 Å². The first-order chi connectivity index (χ1) is 35.7. The predicted octanol–water partition coefficient (Wildman–Crippen LogP) is 22.1. The number of para-hydroxylation sites is 2. The Hall–Kier alpha value is -3.15. The largest absolute Gasteiger partial charge is 0.285 e. The Kier molecular flexibility index (Phi) is 39.7. The molecule has 0 saturated heterocycles. The lowest BCUT2D eigenvalue weighted by Crippen LogP contribution is -2.23. The molecule has 0 spiro atoms.